The van der Waals surface area contributed by atoms with Crippen LogP contribution in [0, 0.1) is 23.7 Å². The van der Waals surface area contributed by atoms with Crippen LogP contribution in [0.4, 0.5) is 0 Å². The lowest BCUT2D eigenvalue weighted by Crippen LogP contribution is -2.27. The van der Waals surface area contributed by atoms with Crippen molar-refractivity contribution in [2.75, 3.05) is 0 Å². The van der Waals surface area contributed by atoms with Gasteiger partial charge in [0.2, 0.25) is 0 Å². The predicted octanol–water partition coefficient (Wildman–Crippen LogP) is 2.49. The first kappa shape index (κ1) is 10.6. The fraction of sp³-hybridized carbons (Fsp3) is 0.538. The van der Waals surface area contributed by atoms with Gasteiger partial charge in [-0.1, -0.05) is 34.1 Å². The van der Waals surface area contributed by atoms with E-state index >= 15 is 0 Å². The molecule has 0 amide bonds. The second kappa shape index (κ2) is 3.15. The first-order valence-electron chi connectivity index (χ1n) is 6.05. The second-order valence-electron chi connectivity index (χ2n) is 5.49. The van der Waals surface area contributed by atoms with Crippen LogP contribution >= 0.6 is 15.9 Å². The van der Waals surface area contributed by atoms with Crippen molar-refractivity contribution in [3.63, 3.8) is 0 Å². The Morgan fingerprint density at radius 1 is 1.06 bits per heavy atom. The van der Waals surface area contributed by atoms with Gasteiger partial charge in [0.05, 0.1) is 10.1 Å². The Hall–Kier alpha value is -0.350. The zero-order chi connectivity index (χ0) is 11.8. The molecular weight excluding hydrogens is 300 g/mol. The zero-order valence-corrected chi connectivity index (χ0v) is 11.6. The molecule has 0 spiro atoms. The third kappa shape index (κ3) is 1.18. The van der Waals surface area contributed by atoms with E-state index in [2.05, 4.69) is 15.9 Å². The van der Waals surface area contributed by atoms with Gasteiger partial charge in [0.1, 0.15) is 0 Å². The molecule has 4 bridgehead atoms. The number of rotatable bonds is 2. The summed E-state index contributed by atoms with van der Waals surface area (Å²) in [6, 6.07) is 8.93. The van der Waals surface area contributed by atoms with E-state index in [1.807, 2.05) is 18.2 Å². The molecule has 1 aromatic rings. The minimum absolute atomic E-state index is 0.121. The molecule has 0 saturated heterocycles. The molecule has 17 heavy (non-hydrogen) atoms. The van der Waals surface area contributed by atoms with E-state index in [-0.39, 0.29) is 5.25 Å². The average Bonchev–Trinajstić information content (AvgIpc) is 2.64. The molecule has 4 saturated carbocycles. The smallest absolute Gasteiger partial charge is 0.181 e. The van der Waals surface area contributed by atoms with Gasteiger partial charge in [0.25, 0.3) is 0 Å². The molecule has 1 aromatic carbocycles. The van der Waals surface area contributed by atoms with Gasteiger partial charge in [-0.25, -0.2) is 8.42 Å². The van der Waals surface area contributed by atoms with Crippen LogP contribution in [0.3, 0.4) is 0 Å². The third-order valence-electron chi connectivity index (χ3n) is 4.84. The quantitative estimate of drug-likeness (QED) is 0.786. The molecule has 4 aliphatic rings. The number of sulfone groups is 1. The summed E-state index contributed by atoms with van der Waals surface area (Å²) < 4.78 is 25.3. The number of hydrogen-bond donors (Lipinski definition) is 0. The topological polar surface area (TPSA) is 34.1 Å². The first-order valence-corrected chi connectivity index (χ1v) is 8.51. The summed E-state index contributed by atoms with van der Waals surface area (Å²) in [5.41, 5.74) is 0. The fourth-order valence-corrected chi connectivity index (χ4v) is 8.07. The van der Waals surface area contributed by atoms with Gasteiger partial charge >= 0.3 is 0 Å². The molecule has 0 aromatic heterocycles. The zero-order valence-electron chi connectivity index (χ0n) is 9.16. The molecule has 0 heterocycles. The largest absolute Gasteiger partial charge is 0.223 e. The lowest BCUT2D eigenvalue weighted by atomic mass is 10.1. The standard InChI is InChI=1S/C13H13BrO2S/c14-12-9-6-8-10(12)11(8)13(9)17(15,16)7-4-2-1-3-5-7/h1-5,8-13H,6H2/t8-,9+,10+,11+,12+,13+/m0/s1. The van der Waals surface area contributed by atoms with Crippen molar-refractivity contribution in [2.24, 2.45) is 23.7 Å². The van der Waals surface area contributed by atoms with Crippen LogP contribution in [0.5, 0.6) is 0 Å². The average molecular weight is 313 g/mol. The molecular formula is C13H13BrO2S. The van der Waals surface area contributed by atoms with Crippen LogP contribution in [0.15, 0.2) is 35.2 Å². The van der Waals surface area contributed by atoms with E-state index in [1.54, 1.807) is 12.1 Å². The molecule has 0 radical (unpaired) electrons. The summed E-state index contributed by atoms with van der Waals surface area (Å²) in [5.74, 6) is 2.12. The molecule has 4 aliphatic carbocycles. The Morgan fingerprint density at radius 3 is 2.24 bits per heavy atom. The predicted molar refractivity (Wildman–Crippen MR) is 68.7 cm³/mol. The van der Waals surface area contributed by atoms with Gasteiger partial charge in [0, 0.05) is 4.83 Å². The van der Waals surface area contributed by atoms with Gasteiger partial charge in [-0.15, -0.1) is 0 Å². The highest BCUT2D eigenvalue weighted by Gasteiger charge is 2.75. The van der Waals surface area contributed by atoms with Crippen LogP contribution in [0.25, 0.3) is 0 Å². The molecule has 6 atom stereocenters. The van der Waals surface area contributed by atoms with Crippen LogP contribution in [-0.4, -0.2) is 18.5 Å². The maximum atomic E-state index is 12.6. The Balaban J connectivity index is 1.78. The van der Waals surface area contributed by atoms with Crippen molar-refractivity contribution in [1.29, 1.82) is 0 Å². The van der Waals surface area contributed by atoms with Crippen molar-refractivity contribution in [3.8, 4) is 0 Å². The number of alkyl halides is 1. The van der Waals surface area contributed by atoms with Crippen molar-refractivity contribution in [3.05, 3.63) is 30.3 Å². The summed E-state index contributed by atoms with van der Waals surface area (Å²) in [6.07, 6.45) is 1.11. The van der Waals surface area contributed by atoms with Gasteiger partial charge < -0.3 is 0 Å². The maximum Gasteiger partial charge on any atom is 0.181 e. The van der Waals surface area contributed by atoms with E-state index in [0.29, 0.717) is 33.4 Å². The van der Waals surface area contributed by atoms with Crippen LogP contribution in [0.2, 0.25) is 0 Å². The lowest BCUT2D eigenvalue weighted by molar-refractivity contribution is 0.547. The molecule has 2 nitrogen and oxygen atoms in total. The van der Waals surface area contributed by atoms with E-state index < -0.39 is 9.84 Å². The van der Waals surface area contributed by atoms with Crippen molar-refractivity contribution >= 4 is 25.8 Å². The summed E-state index contributed by atoms with van der Waals surface area (Å²) in [7, 11) is -3.12. The molecule has 90 valence electrons. The van der Waals surface area contributed by atoms with Crippen LogP contribution in [0.1, 0.15) is 6.42 Å². The van der Waals surface area contributed by atoms with E-state index in [0.717, 1.165) is 6.42 Å². The summed E-state index contributed by atoms with van der Waals surface area (Å²) in [5, 5.41) is -0.121. The fourth-order valence-electron chi connectivity index (χ4n) is 4.19. The van der Waals surface area contributed by atoms with E-state index in [9.17, 15) is 8.42 Å². The third-order valence-corrected chi connectivity index (χ3v) is 8.44. The molecule has 4 fully saturated rings. The van der Waals surface area contributed by atoms with Crippen LogP contribution < -0.4 is 0 Å². The minimum atomic E-state index is -3.12. The highest BCUT2D eigenvalue weighted by Crippen LogP contribution is 2.74. The van der Waals surface area contributed by atoms with E-state index in [4.69, 9.17) is 0 Å². The van der Waals surface area contributed by atoms with Gasteiger partial charge in [-0.2, -0.15) is 0 Å². The summed E-state index contributed by atoms with van der Waals surface area (Å²) >= 11 is 3.69. The Morgan fingerprint density at radius 2 is 1.76 bits per heavy atom. The second-order valence-corrected chi connectivity index (χ2v) is 8.65. The highest BCUT2D eigenvalue weighted by atomic mass is 79.9. The van der Waals surface area contributed by atoms with Gasteiger partial charge in [-0.05, 0) is 42.2 Å². The van der Waals surface area contributed by atoms with Crippen molar-refractivity contribution in [2.45, 2.75) is 21.4 Å². The maximum absolute atomic E-state index is 12.6. The lowest BCUT2D eigenvalue weighted by Gasteiger charge is -2.17. The molecule has 0 aliphatic heterocycles. The molecule has 0 N–H and O–H groups in total. The first-order chi connectivity index (χ1) is 8.12. The van der Waals surface area contributed by atoms with Crippen molar-refractivity contribution in [1.82, 2.24) is 0 Å². The molecule has 0 unspecified atom stereocenters. The highest BCUT2D eigenvalue weighted by molar-refractivity contribution is 9.09. The number of benzene rings is 1. The summed E-state index contributed by atoms with van der Waals surface area (Å²) in [4.78, 5) is 0.948. The van der Waals surface area contributed by atoms with Crippen molar-refractivity contribution < 1.29 is 8.42 Å². The van der Waals surface area contributed by atoms with Gasteiger partial charge in [-0.3, -0.25) is 0 Å². The number of halogens is 1. The van der Waals surface area contributed by atoms with Crippen LogP contribution in [-0.2, 0) is 9.84 Å². The Bertz CT molecular complexity index is 568. The molecule has 5 rings (SSSR count). The van der Waals surface area contributed by atoms with E-state index in [1.165, 1.54) is 0 Å². The van der Waals surface area contributed by atoms with Gasteiger partial charge in [0.15, 0.2) is 9.84 Å². The molecule has 4 heteroatoms. The Labute approximate surface area is 109 Å². The summed E-state index contributed by atoms with van der Waals surface area (Å²) in [6.45, 7) is 0. The number of hydrogen-bond acceptors (Lipinski definition) is 2. The minimum Gasteiger partial charge on any atom is -0.223 e. The monoisotopic (exact) mass is 312 g/mol. The SMILES string of the molecule is O=S(=O)(c1ccccc1)[C@@H]1[C@@H]2C[C@H]3[C@@H]([C@@H]2Br)[C@@H]31. The Kier molecular flexibility index (Phi) is 1.96. The normalized spacial score (nSPS) is 46.2.